The normalized spacial score (nSPS) is 13.3. The van der Waals surface area contributed by atoms with E-state index < -0.39 is 23.5 Å². The van der Waals surface area contributed by atoms with Crippen LogP contribution in [0.25, 0.3) is 16.7 Å². The van der Waals surface area contributed by atoms with E-state index in [1.807, 2.05) is 24.3 Å². The molecule has 8 nitrogen and oxygen atoms in total. The molecular formula is C16H18N4O4. The van der Waals surface area contributed by atoms with Crippen LogP contribution in [0.1, 0.15) is 24.3 Å². The summed E-state index contributed by atoms with van der Waals surface area (Å²) in [5, 5.41) is 14.8. The third kappa shape index (κ3) is 2.61. The zero-order valence-corrected chi connectivity index (χ0v) is 13.5. The number of rotatable bonds is 5. The Bertz CT molecular complexity index is 925. The van der Waals surface area contributed by atoms with Gasteiger partial charge >= 0.3 is 5.97 Å². The van der Waals surface area contributed by atoms with Crippen molar-refractivity contribution < 1.29 is 19.4 Å². The number of carbonyl (C=O) groups excluding carboxylic acids is 1. The lowest BCUT2D eigenvalue weighted by Gasteiger charge is -2.30. The fourth-order valence-electron chi connectivity index (χ4n) is 2.52. The van der Waals surface area contributed by atoms with Gasteiger partial charge in [-0.05, 0) is 26.0 Å². The fraction of sp³-hybridized carbons (Fsp3) is 0.312. The lowest BCUT2D eigenvalue weighted by molar-refractivity contribution is -0.146. The maximum absolute atomic E-state index is 12.4. The standard InChI is InChI=1S/C16H18N4O4/c1-16(2,24-3)13(15(22)23)18-14(21)10-8-12-17-9-6-4-5-7-11(9)20(12)19-10/h4-8,13,19H,1-3H3,(H,18,21)(H,22,23). The lowest BCUT2D eigenvalue weighted by atomic mass is 9.98. The monoisotopic (exact) mass is 330 g/mol. The number of nitrogens with zero attached hydrogens (tertiary/aromatic N) is 2. The number of methoxy groups -OCH3 is 1. The average Bonchev–Trinajstić information content (AvgIpc) is 3.09. The molecule has 126 valence electrons. The topological polar surface area (TPSA) is 109 Å². The Labute approximate surface area is 137 Å². The number of carboxylic acid groups (broad SMARTS) is 1. The number of fused-ring (bicyclic) bond motifs is 3. The number of hydrogen-bond acceptors (Lipinski definition) is 4. The van der Waals surface area contributed by atoms with Crippen LogP contribution in [0.4, 0.5) is 0 Å². The van der Waals surface area contributed by atoms with Gasteiger partial charge in [-0.25, -0.2) is 14.3 Å². The highest BCUT2D eigenvalue weighted by atomic mass is 16.5. The molecule has 0 bridgehead atoms. The van der Waals surface area contributed by atoms with Crippen LogP contribution in [-0.2, 0) is 9.53 Å². The molecule has 0 aliphatic carbocycles. The molecule has 0 aliphatic heterocycles. The van der Waals surface area contributed by atoms with Gasteiger partial charge in [0, 0.05) is 13.2 Å². The molecule has 3 N–H and O–H groups in total. The molecule has 3 aromatic rings. The number of carbonyl (C=O) groups is 2. The van der Waals surface area contributed by atoms with Crippen LogP contribution >= 0.6 is 0 Å². The van der Waals surface area contributed by atoms with Gasteiger partial charge in [0.15, 0.2) is 11.7 Å². The number of imidazole rings is 1. The highest BCUT2D eigenvalue weighted by Crippen LogP contribution is 2.18. The van der Waals surface area contributed by atoms with Crippen molar-refractivity contribution in [1.29, 1.82) is 0 Å². The Kier molecular flexibility index (Phi) is 3.76. The molecule has 1 aromatic carbocycles. The highest BCUT2D eigenvalue weighted by molar-refractivity contribution is 5.96. The largest absolute Gasteiger partial charge is 0.480 e. The fourth-order valence-corrected chi connectivity index (χ4v) is 2.52. The molecule has 1 atom stereocenters. The molecule has 0 saturated heterocycles. The van der Waals surface area contributed by atoms with Gasteiger partial charge in [0.05, 0.1) is 16.6 Å². The van der Waals surface area contributed by atoms with Gasteiger partial charge in [0.2, 0.25) is 0 Å². The van der Waals surface area contributed by atoms with Crippen LogP contribution in [-0.4, -0.2) is 50.3 Å². The van der Waals surface area contributed by atoms with E-state index in [1.165, 1.54) is 7.11 Å². The van der Waals surface area contributed by atoms with Gasteiger partial charge in [-0.3, -0.25) is 9.89 Å². The Morgan fingerprint density at radius 1 is 1.38 bits per heavy atom. The molecule has 0 radical (unpaired) electrons. The number of H-pyrrole nitrogens is 1. The third-order valence-corrected chi connectivity index (χ3v) is 4.08. The first-order valence-corrected chi connectivity index (χ1v) is 7.38. The lowest BCUT2D eigenvalue weighted by Crippen LogP contribution is -2.55. The van der Waals surface area contributed by atoms with Gasteiger partial charge < -0.3 is 15.2 Å². The van der Waals surface area contributed by atoms with Crippen LogP contribution in [0.5, 0.6) is 0 Å². The molecule has 0 spiro atoms. The summed E-state index contributed by atoms with van der Waals surface area (Å²) < 4.78 is 6.86. The van der Waals surface area contributed by atoms with Crippen LogP contribution in [0.3, 0.4) is 0 Å². The quantitative estimate of drug-likeness (QED) is 0.655. The molecule has 2 aromatic heterocycles. The molecule has 0 saturated carbocycles. The maximum Gasteiger partial charge on any atom is 0.329 e. The number of aromatic nitrogens is 3. The van der Waals surface area contributed by atoms with Crippen molar-refractivity contribution in [3.63, 3.8) is 0 Å². The molecule has 3 rings (SSSR count). The van der Waals surface area contributed by atoms with E-state index in [0.29, 0.717) is 5.65 Å². The third-order valence-electron chi connectivity index (χ3n) is 4.08. The summed E-state index contributed by atoms with van der Waals surface area (Å²) in [4.78, 5) is 28.3. The Morgan fingerprint density at radius 3 is 2.75 bits per heavy atom. The van der Waals surface area contributed by atoms with E-state index >= 15 is 0 Å². The van der Waals surface area contributed by atoms with Gasteiger partial charge in [-0.1, -0.05) is 12.1 Å². The summed E-state index contributed by atoms with van der Waals surface area (Å²) in [6, 6.07) is 7.89. The van der Waals surface area contributed by atoms with E-state index in [2.05, 4.69) is 15.4 Å². The van der Waals surface area contributed by atoms with E-state index in [1.54, 1.807) is 24.4 Å². The van der Waals surface area contributed by atoms with E-state index in [-0.39, 0.29) is 5.69 Å². The van der Waals surface area contributed by atoms with Crippen LogP contribution in [0, 0.1) is 0 Å². The van der Waals surface area contributed by atoms with Crippen molar-refractivity contribution in [2.45, 2.75) is 25.5 Å². The summed E-state index contributed by atoms with van der Waals surface area (Å²) >= 11 is 0. The SMILES string of the molecule is COC(C)(C)C(NC(=O)c1cc2nc3ccccc3n2[nH]1)C(=O)O. The number of ether oxygens (including phenoxy) is 1. The first kappa shape index (κ1) is 16.0. The van der Waals surface area contributed by atoms with Crippen molar-refractivity contribution in [2.75, 3.05) is 7.11 Å². The first-order chi connectivity index (χ1) is 11.3. The second kappa shape index (κ2) is 5.64. The number of aliphatic carboxylic acids is 1. The number of benzene rings is 1. The summed E-state index contributed by atoms with van der Waals surface area (Å²) in [7, 11) is 1.40. The van der Waals surface area contributed by atoms with Gasteiger partial charge in [0.1, 0.15) is 5.69 Å². The van der Waals surface area contributed by atoms with Crippen molar-refractivity contribution >= 4 is 28.6 Å². The van der Waals surface area contributed by atoms with Crippen molar-refractivity contribution in [2.24, 2.45) is 0 Å². The number of nitrogens with one attached hydrogen (secondary N) is 2. The van der Waals surface area contributed by atoms with Crippen molar-refractivity contribution in [1.82, 2.24) is 19.9 Å². The Morgan fingerprint density at radius 2 is 2.08 bits per heavy atom. The first-order valence-electron chi connectivity index (χ1n) is 7.38. The van der Waals surface area contributed by atoms with E-state index in [0.717, 1.165) is 11.0 Å². The van der Waals surface area contributed by atoms with Crippen LogP contribution in [0.15, 0.2) is 30.3 Å². The summed E-state index contributed by atoms with van der Waals surface area (Å²) in [6.45, 7) is 3.20. The molecule has 24 heavy (non-hydrogen) atoms. The predicted octanol–water partition coefficient (Wildman–Crippen LogP) is 1.42. The smallest absolute Gasteiger partial charge is 0.329 e. The molecule has 1 amide bonds. The minimum atomic E-state index is -1.19. The van der Waals surface area contributed by atoms with Gasteiger partial charge in [0.25, 0.3) is 5.91 Å². The predicted molar refractivity (Wildman–Crippen MR) is 87.0 cm³/mol. The van der Waals surface area contributed by atoms with Crippen molar-refractivity contribution in [3.05, 3.63) is 36.0 Å². The number of para-hydroxylation sites is 2. The van der Waals surface area contributed by atoms with Gasteiger partial charge in [-0.15, -0.1) is 0 Å². The number of hydrogen-bond donors (Lipinski definition) is 3. The second-order valence-corrected chi connectivity index (χ2v) is 6.02. The summed E-state index contributed by atoms with van der Waals surface area (Å²) in [5.41, 5.74) is 1.39. The minimum absolute atomic E-state index is 0.224. The number of amides is 1. The molecule has 2 heterocycles. The molecule has 0 fully saturated rings. The molecule has 0 aliphatic rings. The maximum atomic E-state index is 12.4. The second-order valence-electron chi connectivity index (χ2n) is 6.02. The summed E-state index contributed by atoms with van der Waals surface area (Å²) in [6.07, 6.45) is 0. The minimum Gasteiger partial charge on any atom is -0.480 e. The highest BCUT2D eigenvalue weighted by Gasteiger charge is 2.37. The number of carboxylic acids is 1. The summed E-state index contributed by atoms with van der Waals surface area (Å²) in [5.74, 6) is -1.71. The van der Waals surface area contributed by atoms with Crippen LogP contribution < -0.4 is 5.32 Å². The van der Waals surface area contributed by atoms with E-state index in [9.17, 15) is 14.7 Å². The Hall–Kier alpha value is -2.87. The van der Waals surface area contributed by atoms with E-state index in [4.69, 9.17) is 4.74 Å². The number of aromatic amines is 1. The van der Waals surface area contributed by atoms with Gasteiger partial charge in [-0.2, -0.15) is 0 Å². The zero-order chi connectivity index (χ0) is 17.5. The Balaban J connectivity index is 1.92. The van der Waals surface area contributed by atoms with Crippen LogP contribution in [0.2, 0.25) is 0 Å². The molecule has 1 unspecified atom stereocenters. The zero-order valence-electron chi connectivity index (χ0n) is 13.5. The van der Waals surface area contributed by atoms with Crippen molar-refractivity contribution in [3.8, 4) is 0 Å². The molecular weight excluding hydrogens is 312 g/mol. The average molecular weight is 330 g/mol. The molecule has 8 heteroatoms.